The summed E-state index contributed by atoms with van der Waals surface area (Å²) in [6, 6.07) is 9.87. The van der Waals surface area contributed by atoms with E-state index in [-0.39, 0.29) is 32.3 Å². The van der Waals surface area contributed by atoms with Gasteiger partial charge in [0.1, 0.15) is 6.04 Å². The standard InChI is InChI=1S/C20H19Cl2N5O5S2/c1-13(27(33(2,29)30)18-12-14(21)4-9-17(18)22)19(28)25-15-5-7-16(8-6-15)34(31,32)26-20-23-10-3-11-24-20/h3-13H,1-2H3,(H,25,28)(H,23,24,26)/t13-/m0/s1. The fraction of sp³-hybridized carbons (Fsp3) is 0.150. The number of sulfonamides is 2. The van der Waals surface area contributed by atoms with Crippen molar-refractivity contribution >= 4 is 66.5 Å². The van der Waals surface area contributed by atoms with Crippen molar-refractivity contribution in [3.63, 3.8) is 0 Å². The fourth-order valence-corrected chi connectivity index (χ4v) is 5.49. The van der Waals surface area contributed by atoms with Crippen molar-refractivity contribution in [2.24, 2.45) is 0 Å². The highest BCUT2D eigenvalue weighted by atomic mass is 35.5. The van der Waals surface area contributed by atoms with Crippen LogP contribution >= 0.6 is 23.2 Å². The van der Waals surface area contributed by atoms with Crippen LogP contribution < -0.4 is 14.3 Å². The third-order valence-corrected chi connectivity index (χ3v) is 7.58. The summed E-state index contributed by atoms with van der Waals surface area (Å²) in [6.45, 7) is 1.39. The van der Waals surface area contributed by atoms with Gasteiger partial charge in [0.2, 0.25) is 21.9 Å². The maximum absolute atomic E-state index is 12.9. The van der Waals surface area contributed by atoms with Gasteiger partial charge in [-0.15, -0.1) is 0 Å². The van der Waals surface area contributed by atoms with Gasteiger partial charge in [-0.05, 0) is 55.5 Å². The second-order valence-electron chi connectivity index (χ2n) is 7.02. The molecule has 1 heterocycles. The number of rotatable bonds is 8. The molecular weight excluding hydrogens is 525 g/mol. The van der Waals surface area contributed by atoms with Gasteiger partial charge in [-0.1, -0.05) is 23.2 Å². The van der Waals surface area contributed by atoms with Crippen LogP contribution in [0.4, 0.5) is 17.3 Å². The number of hydrogen-bond donors (Lipinski definition) is 2. The first kappa shape index (κ1) is 25.7. The van der Waals surface area contributed by atoms with Crippen molar-refractivity contribution in [3.8, 4) is 0 Å². The van der Waals surface area contributed by atoms with Crippen LogP contribution in [0.25, 0.3) is 0 Å². The molecule has 10 nitrogen and oxygen atoms in total. The Kier molecular flexibility index (Phi) is 7.66. The first-order valence-electron chi connectivity index (χ1n) is 9.54. The van der Waals surface area contributed by atoms with E-state index in [1.165, 1.54) is 61.8 Å². The molecule has 1 amide bonds. The molecule has 1 atom stereocenters. The molecular formula is C20H19Cl2N5O5S2. The Bertz CT molecular complexity index is 1400. The Morgan fingerprint density at radius 1 is 1.00 bits per heavy atom. The van der Waals surface area contributed by atoms with E-state index in [0.29, 0.717) is 0 Å². The molecule has 0 aliphatic rings. The molecule has 0 aliphatic carbocycles. The minimum Gasteiger partial charge on any atom is -0.324 e. The van der Waals surface area contributed by atoms with E-state index in [4.69, 9.17) is 23.2 Å². The van der Waals surface area contributed by atoms with Gasteiger partial charge in [-0.2, -0.15) is 0 Å². The van der Waals surface area contributed by atoms with Crippen LogP contribution in [0.1, 0.15) is 6.92 Å². The molecule has 1 aromatic heterocycles. The van der Waals surface area contributed by atoms with Gasteiger partial charge in [0.05, 0.1) is 21.9 Å². The summed E-state index contributed by atoms with van der Waals surface area (Å²) in [6.07, 6.45) is 3.72. The lowest BCUT2D eigenvalue weighted by atomic mass is 10.2. The van der Waals surface area contributed by atoms with Crippen LogP contribution in [0.5, 0.6) is 0 Å². The van der Waals surface area contributed by atoms with E-state index >= 15 is 0 Å². The number of amides is 1. The molecule has 0 spiro atoms. The van der Waals surface area contributed by atoms with Crippen LogP contribution in [0, 0.1) is 0 Å². The van der Waals surface area contributed by atoms with Crippen molar-refractivity contribution in [3.05, 3.63) is 71.0 Å². The van der Waals surface area contributed by atoms with Gasteiger partial charge in [-0.25, -0.2) is 31.5 Å². The zero-order chi connectivity index (χ0) is 25.1. The number of nitrogens with one attached hydrogen (secondary N) is 2. The maximum Gasteiger partial charge on any atom is 0.264 e. The van der Waals surface area contributed by atoms with Gasteiger partial charge in [0, 0.05) is 23.1 Å². The van der Waals surface area contributed by atoms with Crippen LogP contribution in [0.3, 0.4) is 0 Å². The highest BCUT2D eigenvalue weighted by Crippen LogP contribution is 2.32. The summed E-state index contributed by atoms with van der Waals surface area (Å²) in [5.74, 6) is -0.762. The Morgan fingerprint density at radius 3 is 2.21 bits per heavy atom. The van der Waals surface area contributed by atoms with E-state index in [2.05, 4.69) is 20.0 Å². The molecule has 0 radical (unpaired) electrons. The smallest absolute Gasteiger partial charge is 0.264 e. The average Bonchev–Trinajstić information content (AvgIpc) is 2.76. The summed E-state index contributed by atoms with van der Waals surface area (Å²) in [4.78, 5) is 20.4. The molecule has 0 unspecified atom stereocenters. The molecule has 14 heteroatoms. The Labute approximate surface area is 207 Å². The predicted octanol–water partition coefficient (Wildman–Crippen LogP) is 3.38. The first-order valence-corrected chi connectivity index (χ1v) is 13.6. The minimum absolute atomic E-state index is 0.0509. The van der Waals surface area contributed by atoms with E-state index < -0.39 is 32.0 Å². The van der Waals surface area contributed by atoms with Crippen LogP contribution in [-0.2, 0) is 24.8 Å². The largest absolute Gasteiger partial charge is 0.324 e. The Balaban J connectivity index is 1.79. The average molecular weight is 544 g/mol. The lowest BCUT2D eigenvalue weighted by Gasteiger charge is -2.29. The number of nitrogens with zero attached hydrogens (tertiary/aromatic N) is 3. The van der Waals surface area contributed by atoms with Gasteiger partial charge in [0.25, 0.3) is 10.0 Å². The topological polar surface area (TPSA) is 138 Å². The molecule has 0 bridgehead atoms. The third-order valence-electron chi connectivity index (χ3n) is 4.46. The second kappa shape index (κ2) is 10.1. The molecule has 2 aromatic carbocycles. The highest BCUT2D eigenvalue weighted by molar-refractivity contribution is 7.92. The van der Waals surface area contributed by atoms with E-state index in [0.717, 1.165) is 10.6 Å². The summed E-state index contributed by atoms with van der Waals surface area (Å²) < 4.78 is 53.0. The SMILES string of the molecule is C[C@@H](C(=O)Nc1ccc(S(=O)(=O)Nc2ncccn2)cc1)N(c1cc(Cl)ccc1Cl)S(C)(=O)=O. The summed E-state index contributed by atoms with van der Waals surface area (Å²) in [5, 5.41) is 2.90. The second-order valence-corrected chi connectivity index (χ2v) is 11.4. The number of benzene rings is 2. The van der Waals surface area contributed by atoms with Gasteiger partial charge >= 0.3 is 0 Å². The normalized spacial score (nSPS) is 12.6. The lowest BCUT2D eigenvalue weighted by molar-refractivity contribution is -0.116. The van der Waals surface area contributed by atoms with Crippen LogP contribution in [0.2, 0.25) is 10.0 Å². The lowest BCUT2D eigenvalue weighted by Crippen LogP contribution is -2.45. The van der Waals surface area contributed by atoms with Crippen molar-refractivity contribution in [1.29, 1.82) is 0 Å². The molecule has 0 saturated heterocycles. The van der Waals surface area contributed by atoms with Gasteiger partial charge in [0.15, 0.2) is 0 Å². The van der Waals surface area contributed by atoms with Crippen molar-refractivity contribution in [1.82, 2.24) is 9.97 Å². The summed E-state index contributed by atoms with van der Waals surface area (Å²) in [7, 11) is -7.87. The van der Waals surface area contributed by atoms with E-state index in [1.807, 2.05) is 0 Å². The number of carbonyl (C=O) groups excluding carboxylic acids is 1. The van der Waals surface area contributed by atoms with Crippen molar-refractivity contribution in [2.45, 2.75) is 17.9 Å². The van der Waals surface area contributed by atoms with E-state index in [1.54, 1.807) is 6.07 Å². The van der Waals surface area contributed by atoms with Crippen LogP contribution in [0.15, 0.2) is 65.8 Å². The van der Waals surface area contributed by atoms with Gasteiger partial charge < -0.3 is 5.32 Å². The molecule has 3 rings (SSSR count). The minimum atomic E-state index is -3.95. The Morgan fingerprint density at radius 2 is 1.62 bits per heavy atom. The third kappa shape index (κ3) is 6.14. The maximum atomic E-state index is 12.9. The fourth-order valence-electron chi connectivity index (χ4n) is 2.93. The quantitative estimate of drug-likeness (QED) is 0.443. The molecule has 180 valence electrons. The number of carbonyl (C=O) groups is 1. The predicted molar refractivity (Wildman–Crippen MR) is 131 cm³/mol. The highest BCUT2D eigenvalue weighted by Gasteiger charge is 2.31. The van der Waals surface area contributed by atoms with Crippen LogP contribution in [-0.4, -0.2) is 45.0 Å². The summed E-state index contributed by atoms with van der Waals surface area (Å²) in [5.41, 5.74) is 0.298. The van der Waals surface area contributed by atoms with Crippen molar-refractivity contribution in [2.75, 3.05) is 20.6 Å². The molecule has 3 aromatic rings. The molecule has 2 N–H and O–H groups in total. The molecule has 0 aliphatic heterocycles. The number of hydrogen-bond acceptors (Lipinski definition) is 7. The molecule has 0 fully saturated rings. The molecule has 34 heavy (non-hydrogen) atoms. The number of aromatic nitrogens is 2. The first-order chi connectivity index (χ1) is 15.9. The van der Waals surface area contributed by atoms with E-state index in [9.17, 15) is 21.6 Å². The van der Waals surface area contributed by atoms with Crippen molar-refractivity contribution < 1.29 is 21.6 Å². The zero-order valence-electron chi connectivity index (χ0n) is 17.8. The summed E-state index contributed by atoms with van der Waals surface area (Å²) >= 11 is 12.1. The number of halogens is 2. The zero-order valence-corrected chi connectivity index (χ0v) is 21.0. The molecule has 0 saturated carbocycles. The Hall–Kier alpha value is -2.93. The van der Waals surface area contributed by atoms with Gasteiger partial charge in [-0.3, -0.25) is 9.10 Å². The number of anilines is 3. The monoisotopic (exact) mass is 543 g/mol.